The molecule has 0 radical (unpaired) electrons. The molecule has 0 aliphatic heterocycles. The number of nitrogens with one attached hydrogen (secondary N) is 1. The summed E-state index contributed by atoms with van der Waals surface area (Å²) >= 11 is 1.45. The minimum Gasteiger partial charge on any atom is -0.497 e. The van der Waals surface area contributed by atoms with Crippen molar-refractivity contribution in [2.75, 3.05) is 12.9 Å². The smallest absolute Gasteiger partial charge is 0.230 e. The van der Waals surface area contributed by atoms with Gasteiger partial charge in [-0.05, 0) is 56.9 Å². The van der Waals surface area contributed by atoms with Gasteiger partial charge in [0.15, 0.2) is 11.0 Å². The highest BCUT2D eigenvalue weighted by Crippen LogP contribution is 2.29. The van der Waals surface area contributed by atoms with Crippen molar-refractivity contribution in [1.82, 2.24) is 20.1 Å². The zero-order valence-electron chi connectivity index (χ0n) is 17.1. The molecular weight excluding hydrogens is 372 g/mol. The normalized spacial score (nSPS) is 19.6. The van der Waals surface area contributed by atoms with Crippen LogP contribution in [0, 0.1) is 5.92 Å². The number of hydrogen-bond acceptors (Lipinski definition) is 5. The van der Waals surface area contributed by atoms with Gasteiger partial charge in [0.1, 0.15) is 5.75 Å². The Morgan fingerprint density at radius 2 is 1.96 bits per heavy atom. The number of thioether (sulfide) groups is 1. The Balaban J connectivity index is 1.68. The van der Waals surface area contributed by atoms with E-state index in [0.717, 1.165) is 28.7 Å². The number of methoxy groups -OCH3 is 1. The van der Waals surface area contributed by atoms with Gasteiger partial charge in [-0.25, -0.2) is 0 Å². The van der Waals surface area contributed by atoms with Crippen molar-refractivity contribution in [2.24, 2.45) is 5.92 Å². The van der Waals surface area contributed by atoms with Crippen LogP contribution < -0.4 is 10.1 Å². The molecule has 6 nitrogen and oxygen atoms in total. The van der Waals surface area contributed by atoms with E-state index in [9.17, 15) is 4.79 Å². The summed E-state index contributed by atoms with van der Waals surface area (Å²) in [6.45, 7) is 6.43. The van der Waals surface area contributed by atoms with Crippen molar-refractivity contribution in [3.05, 3.63) is 24.3 Å². The minimum atomic E-state index is 0.0769. The first-order chi connectivity index (χ1) is 13.5. The molecule has 1 fully saturated rings. The summed E-state index contributed by atoms with van der Waals surface area (Å²) in [6, 6.07) is 8.29. The maximum absolute atomic E-state index is 12.5. The van der Waals surface area contributed by atoms with E-state index in [2.05, 4.69) is 40.9 Å². The first kappa shape index (κ1) is 20.7. The number of amides is 1. The van der Waals surface area contributed by atoms with E-state index in [4.69, 9.17) is 4.74 Å². The molecule has 1 aromatic heterocycles. The summed E-state index contributed by atoms with van der Waals surface area (Å²) in [7, 11) is 1.65. The molecule has 7 heteroatoms. The number of benzene rings is 1. The lowest BCUT2D eigenvalue weighted by Crippen LogP contribution is -2.41. The highest BCUT2D eigenvalue weighted by atomic mass is 32.2. The third-order valence-corrected chi connectivity index (χ3v) is 6.26. The van der Waals surface area contributed by atoms with Gasteiger partial charge in [-0.1, -0.05) is 31.5 Å². The number of nitrogens with zero attached hydrogens (tertiary/aromatic N) is 3. The van der Waals surface area contributed by atoms with E-state index in [1.165, 1.54) is 31.0 Å². The topological polar surface area (TPSA) is 69.0 Å². The van der Waals surface area contributed by atoms with Gasteiger partial charge < -0.3 is 10.1 Å². The molecule has 1 heterocycles. The summed E-state index contributed by atoms with van der Waals surface area (Å²) in [5.41, 5.74) is 0.981. The van der Waals surface area contributed by atoms with Crippen LogP contribution in [-0.2, 0) is 4.79 Å². The van der Waals surface area contributed by atoms with Crippen LogP contribution in [0.15, 0.2) is 29.4 Å². The monoisotopic (exact) mass is 402 g/mol. The second-order valence-corrected chi connectivity index (χ2v) is 8.67. The largest absolute Gasteiger partial charge is 0.497 e. The third kappa shape index (κ3) is 4.87. The maximum Gasteiger partial charge on any atom is 0.230 e. The van der Waals surface area contributed by atoms with Crippen molar-refractivity contribution in [3.63, 3.8) is 0 Å². The summed E-state index contributed by atoms with van der Waals surface area (Å²) in [6.07, 6.45) is 4.76. The molecule has 1 saturated carbocycles. The molecule has 1 aliphatic carbocycles. The Morgan fingerprint density at radius 1 is 1.25 bits per heavy atom. The lowest BCUT2D eigenvalue weighted by molar-refractivity contribution is -0.119. The highest BCUT2D eigenvalue weighted by molar-refractivity contribution is 7.99. The predicted molar refractivity (Wildman–Crippen MR) is 113 cm³/mol. The number of ether oxygens (including phenoxy) is 1. The van der Waals surface area contributed by atoms with Gasteiger partial charge in [0.05, 0.1) is 12.9 Å². The van der Waals surface area contributed by atoms with Crippen molar-refractivity contribution in [1.29, 1.82) is 0 Å². The van der Waals surface area contributed by atoms with Crippen LogP contribution in [0.2, 0.25) is 0 Å². The van der Waals surface area contributed by atoms with E-state index in [1.807, 2.05) is 24.3 Å². The Labute approximate surface area is 171 Å². The van der Waals surface area contributed by atoms with Crippen molar-refractivity contribution in [3.8, 4) is 17.1 Å². The quantitative estimate of drug-likeness (QED) is 0.699. The van der Waals surface area contributed by atoms with Crippen molar-refractivity contribution in [2.45, 2.75) is 63.7 Å². The van der Waals surface area contributed by atoms with Gasteiger partial charge in [-0.15, -0.1) is 10.2 Å². The lowest BCUT2D eigenvalue weighted by atomic mass is 9.86. The van der Waals surface area contributed by atoms with Gasteiger partial charge in [0.25, 0.3) is 0 Å². The number of rotatable bonds is 7. The summed E-state index contributed by atoms with van der Waals surface area (Å²) in [5.74, 6) is 2.61. The summed E-state index contributed by atoms with van der Waals surface area (Å²) in [4.78, 5) is 12.5. The zero-order valence-corrected chi connectivity index (χ0v) is 18.0. The molecule has 0 bridgehead atoms. The lowest BCUT2D eigenvalue weighted by Gasteiger charge is -2.29. The summed E-state index contributed by atoms with van der Waals surface area (Å²) in [5, 5.41) is 12.7. The van der Waals surface area contributed by atoms with Crippen LogP contribution in [0.4, 0.5) is 0 Å². The SMILES string of the molecule is COc1ccc(-c2nnc(SCC(=O)N[C@H]3CCCC[C@@H]3C)n2C(C)C)cc1. The van der Waals surface area contributed by atoms with Crippen LogP contribution in [0.25, 0.3) is 11.4 Å². The average molecular weight is 403 g/mol. The molecule has 3 rings (SSSR count). The van der Waals surface area contributed by atoms with Crippen LogP contribution in [-0.4, -0.2) is 39.6 Å². The standard InChI is InChI=1S/C21H30N4O2S/c1-14(2)25-20(16-9-11-17(27-4)12-10-16)23-24-21(25)28-13-19(26)22-18-8-6-5-7-15(18)3/h9-12,14-15,18H,5-8,13H2,1-4H3,(H,22,26)/t15-,18-/m0/s1. The molecule has 1 N–H and O–H groups in total. The zero-order chi connectivity index (χ0) is 20.1. The molecular formula is C21H30N4O2S. The predicted octanol–water partition coefficient (Wildman–Crippen LogP) is 4.32. The molecule has 0 unspecified atom stereocenters. The number of hydrogen-bond donors (Lipinski definition) is 1. The Hall–Kier alpha value is -2.02. The molecule has 2 atom stereocenters. The molecule has 1 amide bonds. The van der Waals surface area contributed by atoms with E-state index in [0.29, 0.717) is 17.7 Å². The van der Waals surface area contributed by atoms with E-state index < -0.39 is 0 Å². The van der Waals surface area contributed by atoms with Crippen LogP contribution in [0.3, 0.4) is 0 Å². The fourth-order valence-electron chi connectivity index (χ4n) is 3.69. The molecule has 1 aliphatic rings. The molecule has 0 saturated heterocycles. The van der Waals surface area contributed by atoms with Gasteiger partial charge in [-0.2, -0.15) is 0 Å². The van der Waals surface area contributed by atoms with Crippen molar-refractivity contribution >= 4 is 17.7 Å². The molecule has 2 aromatic rings. The Bertz CT molecular complexity index is 788. The molecule has 152 valence electrons. The van der Waals surface area contributed by atoms with Gasteiger partial charge in [0.2, 0.25) is 5.91 Å². The first-order valence-electron chi connectivity index (χ1n) is 10.0. The molecule has 1 aromatic carbocycles. The fourth-order valence-corrected chi connectivity index (χ4v) is 4.57. The fraction of sp³-hybridized carbons (Fsp3) is 0.571. The second-order valence-electron chi connectivity index (χ2n) is 7.72. The molecule has 28 heavy (non-hydrogen) atoms. The van der Waals surface area contributed by atoms with Gasteiger partial charge in [-0.3, -0.25) is 9.36 Å². The van der Waals surface area contributed by atoms with Crippen LogP contribution in [0.1, 0.15) is 52.5 Å². The minimum absolute atomic E-state index is 0.0769. The van der Waals surface area contributed by atoms with Crippen LogP contribution in [0.5, 0.6) is 5.75 Å². The Morgan fingerprint density at radius 3 is 2.61 bits per heavy atom. The van der Waals surface area contributed by atoms with E-state index in [1.54, 1.807) is 7.11 Å². The number of carbonyl (C=O) groups excluding carboxylic acids is 1. The van der Waals surface area contributed by atoms with Crippen LogP contribution >= 0.6 is 11.8 Å². The third-order valence-electron chi connectivity index (χ3n) is 5.32. The Kier molecular flexibility index (Phi) is 6.99. The molecule has 0 spiro atoms. The highest BCUT2D eigenvalue weighted by Gasteiger charge is 2.23. The summed E-state index contributed by atoms with van der Waals surface area (Å²) < 4.78 is 7.32. The maximum atomic E-state index is 12.5. The number of aromatic nitrogens is 3. The van der Waals surface area contributed by atoms with Gasteiger partial charge >= 0.3 is 0 Å². The number of carbonyl (C=O) groups is 1. The van der Waals surface area contributed by atoms with E-state index >= 15 is 0 Å². The van der Waals surface area contributed by atoms with E-state index in [-0.39, 0.29) is 11.9 Å². The first-order valence-corrected chi connectivity index (χ1v) is 11.0. The van der Waals surface area contributed by atoms with Gasteiger partial charge in [0, 0.05) is 17.6 Å². The second kappa shape index (κ2) is 9.45. The average Bonchev–Trinajstić information content (AvgIpc) is 3.12. The van der Waals surface area contributed by atoms with Crippen molar-refractivity contribution < 1.29 is 9.53 Å².